The van der Waals surface area contributed by atoms with Crippen molar-refractivity contribution in [2.24, 2.45) is 11.7 Å². The Morgan fingerprint density at radius 1 is 0.878 bits per heavy atom. The van der Waals surface area contributed by atoms with Crippen LogP contribution in [0.3, 0.4) is 0 Å². The zero-order chi connectivity index (χ0) is 36.3. The van der Waals surface area contributed by atoms with E-state index < -0.39 is 18.1 Å². The third-order valence-electron chi connectivity index (χ3n) is 7.80. The number of nitrogens with one attached hydrogen (secondary N) is 4. The highest BCUT2D eigenvalue weighted by molar-refractivity contribution is 9.09. The molecule has 15 heteroatoms. The van der Waals surface area contributed by atoms with E-state index in [4.69, 9.17) is 5.73 Å². The fraction of sp³-hybridized carbons (Fsp3) is 0.471. The number of anilines is 1. The van der Waals surface area contributed by atoms with Crippen LogP contribution < -0.4 is 37.7 Å². The number of aliphatic hydroxyl groups excluding tert-OH is 1. The largest absolute Gasteiger partial charge is 0.392 e. The van der Waals surface area contributed by atoms with E-state index in [0.717, 1.165) is 0 Å². The average molecular weight is 807 g/mol. The molecule has 3 amide bonds. The Balaban J connectivity index is 2.11. The molecule has 0 saturated carbocycles. The minimum Gasteiger partial charge on any atom is -0.392 e. The first-order valence-corrected chi connectivity index (χ1v) is 18.0. The second kappa shape index (κ2) is 21.7. The topological polar surface area (TPSA) is 202 Å². The minimum atomic E-state index is -0.773. The Kier molecular flexibility index (Phi) is 18.2. The van der Waals surface area contributed by atoms with Crippen molar-refractivity contribution >= 4 is 73.3 Å². The predicted octanol–water partition coefficient (Wildman–Crippen LogP) is 1.43. The number of nitrogens with two attached hydrogens (primary N) is 1. The fourth-order valence-corrected chi connectivity index (χ4v) is 6.44. The highest BCUT2D eigenvalue weighted by Gasteiger charge is 2.26. The van der Waals surface area contributed by atoms with Gasteiger partial charge in [-0.05, 0) is 49.3 Å². The van der Waals surface area contributed by atoms with Crippen molar-refractivity contribution in [1.29, 1.82) is 0 Å². The van der Waals surface area contributed by atoms with Gasteiger partial charge in [0.25, 0.3) is 0 Å². The Labute approximate surface area is 301 Å². The van der Waals surface area contributed by atoms with E-state index in [1.54, 1.807) is 28.8 Å². The van der Waals surface area contributed by atoms with Gasteiger partial charge in [-0.15, -0.1) is 0 Å². The summed E-state index contributed by atoms with van der Waals surface area (Å²) in [5, 5.41) is 22.2. The van der Waals surface area contributed by atoms with Crippen molar-refractivity contribution < 1.29 is 33.9 Å². The van der Waals surface area contributed by atoms with Crippen LogP contribution in [0, 0.1) is 5.92 Å². The lowest BCUT2D eigenvalue weighted by Crippen LogP contribution is -2.47. The molecule has 0 fully saturated rings. The molecule has 1 heterocycles. The van der Waals surface area contributed by atoms with Crippen molar-refractivity contribution in [2.45, 2.75) is 88.3 Å². The molecule has 0 aliphatic rings. The number of amides is 3. The van der Waals surface area contributed by atoms with Gasteiger partial charge in [-0.2, -0.15) is 0 Å². The Morgan fingerprint density at radius 2 is 1.49 bits per heavy atom. The second-order valence-corrected chi connectivity index (χ2v) is 12.6. The maximum Gasteiger partial charge on any atom is 0.312 e. The first-order valence-electron chi connectivity index (χ1n) is 15.8. The van der Waals surface area contributed by atoms with E-state index in [1.807, 2.05) is 37.6 Å². The van der Waals surface area contributed by atoms with Crippen molar-refractivity contribution in [1.82, 2.24) is 20.5 Å². The number of halogens is 2. The van der Waals surface area contributed by atoms with E-state index in [0.29, 0.717) is 76.0 Å². The normalized spacial score (nSPS) is 11.7. The number of primary amides is 1. The molecule has 0 aliphatic carbocycles. The molecule has 1 aromatic carbocycles. The van der Waals surface area contributed by atoms with Gasteiger partial charge in [0.05, 0.1) is 18.7 Å². The van der Waals surface area contributed by atoms with Crippen LogP contribution in [0.2, 0.25) is 0 Å². The highest BCUT2D eigenvalue weighted by atomic mass is 79.9. The van der Waals surface area contributed by atoms with Crippen LogP contribution in [0.4, 0.5) is 10.5 Å². The second-order valence-electron chi connectivity index (χ2n) is 11.5. The zero-order valence-electron chi connectivity index (χ0n) is 27.5. The molecule has 264 valence electrons. The Hall–Kier alpha value is -4.18. The first-order chi connectivity index (χ1) is 23.6. The van der Waals surface area contributed by atoms with E-state index in [2.05, 4.69) is 53.1 Å². The maximum atomic E-state index is 13.0. The van der Waals surface area contributed by atoms with Crippen molar-refractivity contribution in [2.75, 3.05) is 11.9 Å². The number of aromatic nitrogens is 1. The molecule has 0 spiro atoms. The third kappa shape index (κ3) is 12.3. The molecule has 2 aromatic rings. The van der Waals surface area contributed by atoms with E-state index >= 15 is 0 Å². The van der Waals surface area contributed by atoms with Crippen LogP contribution in [0.1, 0.15) is 69.1 Å². The van der Waals surface area contributed by atoms with Gasteiger partial charge < -0.3 is 36.7 Å². The van der Waals surface area contributed by atoms with Gasteiger partial charge in [0.15, 0.2) is 11.9 Å². The number of carbonyl (C=O) groups is 2. The molecule has 0 unspecified atom stereocenters. The van der Waals surface area contributed by atoms with Crippen LogP contribution in [0.15, 0.2) is 35.7 Å². The summed E-state index contributed by atoms with van der Waals surface area (Å²) in [7, 11) is 0. The van der Waals surface area contributed by atoms with Crippen LogP contribution in [-0.2, 0) is 47.8 Å². The van der Waals surface area contributed by atoms with E-state index in [9.17, 15) is 33.9 Å². The molecule has 0 aliphatic heterocycles. The van der Waals surface area contributed by atoms with Crippen molar-refractivity contribution in [3.05, 3.63) is 63.0 Å². The number of unbranched alkanes of at least 4 members (excludes halogenated alkanes) is 2. The number of rotatable bonds is 21. The summed E-state index contributed by atoms with van der Waals surface area (Å²) in [6.07, 6.45) is 2.54. The summed E-state index contributed by atoms with van der Waals surface area (Å²) in [6.45, 7) is 4.11. The summed E-state index contributed by atoms with van der Waals surface area (Å²) in [5.41, 5.74) is 7.89. The SMILES string of the molecule is CC(C)[C@H](NC(=O)CCCCCn1c(=C=O)c(CBr)c(CBr)c1=C=O)C(=C=O)N[C@@H](CCCNC(N)=O)C(=C=O)Nc1ccc(CO)cc1. The smallest absolute Gasteiger partial charge is 0.312 e. The molecular formula is C34H42Br2N6O7. The molecule has 13 nitrogen and oxygen atoms in total. The Bertz CT molecular complexity index is 1660. The summed E-state index contributed by atoms with van der Waals surface area (Å²) >= 11 is 6.74. The van der Waals surface area contributed by atoms with Gasteiger partial charge >= 0.3 is 6.03 Å². The Morgan fingerprint density at radius 3 is 1.98 bits per heavy atom. The molecule has 49 heavy (non-hydrogen) atoms. The molecule has 2 rings (SSSR count). The number of benzene rings is 1. The zero-order valence-corrected chi connectivity index (χ0v) is 30.7. The van der Waals surface area contributed by atoms with Crippen LogP contribution in [0.5, 0.6) is 0 Å². The molecule has 0 bridgehead atoms. The fourth-order valence-electron chi connectivity index (χ4n) is 5.23. The number of hydrogen-bond donors (Lipinski definition) is 6. The molecule has 7 N–H and O–H groups in total. The van der Waals surface area contributed by atoms with Crippen LogP contribution >= 0.6 is 31.9 Å². The average Bonchev–Trinajstić information content (AvgIpc) is 3.40. The lowest BCUT2D eigenvalue weighted by Gasteiger charge is -2.28. The lowest BCUT2D eigenvalue weighted by molar-refractivity contribution is -0.122. The predicted molar refractivity (Wildman–Crippen MR) is 192 cm³/mol. The maximum absolute atomic E-state index is 13.0. The van der Waals surface area contributed by atoms with Gasteiger partial charge in [0.1, 0.15) is 34.0 Å². The lowest BCUT2D eigenvalue weighted by atomic mass is 9.99. The minimum absolute atomic E-state index is 0.0365. The number of carbonyl (C=O) groups excluding carboxylic acids is 6. The molecule has 2 atom stereocenters. The number of alkyl halides is 2. The third-order valence-corrected chi connectivity index (χ3v) is 8.92. The molecule has 0 radical (unpaired) electrons. The highest BCUT2D eigenvalue weighted by Crippen LogP contribution is 2.18. The monoisotopic (exact) mass is 804 g/mol. The van der Waals surface area contributed by atoms with E-state index in [-0.39, 0.29) is 49.2 Å². The number of hydrogen-bond acceptors (Lipinski definition) is 9. The number of urea groups is 1. The van der Waals surface area contributed by atoms with Gasteiger partial charge in [-0.1, -0.05) is 64.3 Å². The van der Waals surface area contributed by atoms with E-state index in [1.165, 1.54) is 0 Å². The quantitative estimate of drug-likeness (QED) is 0.0614. The number of aliphatic hydroxyl groups is 1. The molecule has 1 aromatic heterocycles. The summed E-state index contributed by atoms with van der Waals surface area (Å²) in [5.74, 6) is 7.13. The van der Waals surface area contributed by atoms with Gasteiger partial charge in [0, 0.05) is 47.0 Å². The standard InChI is InChI=1S/C34H42Br2N6O7/c1-22(2)33(41-32(48)8-4-3-5-14-42-30(20-46)25(15-35)26(16-36)31(42)21-47)29(19-45)40-27(7-6-13-38-34(37)49)28(18-44)39-24-11-9-23(17-43)10-12-24/h9-12,22,27,33,39-40,43H,3-8,13-17H2,1-2H3,(H,41,48)(H3,37,38,49)/t27-,33-/m0/s1. The molecular weight excluding hydrogens is 764 g/mol. The summed E-state index contributed by atoms with van der Waals surface area (Å²) in [6, 6.07) is 4.52. The summed E-state index contributed by atoms with van der Waals surface area (Å²) in [4.78, 5) is 72.0. The van der Waals surface area contributed by atoms with Gasteiger partial charge in [-0.3, -0.25) is 4.79 Å². The van der Waals surface area contributed by atoms with Crippen molar-refractivity contribution in [3.63, 3.8) is 0 Å². The van der Waals surface area contributed by atoms with Crippen LogP contribution in [-0.4, -0.2) is 64.0 Å². The van der Waals surface area contributed by atoms with Gasteiger partial charge in [-0.25, -0.2) is 24.0 Å². The number of nitrogens with zero attached hydrogens (tertiary/aromatic N) is 1. The first kappa shape index (κ1) is 41.0. The van der Waals surface area contributed by atoms with Gasteiger partial charge in [0.2, 0.25) is 5.91 Å². The molecule has 0 saturated heterocycles. The van der Waals surface area contributed by atoms with Crippen LogP contribution in [0.25, 0.3) is 0 Å². The van der Waals surface area contributed by atoms with Crippen molar-refractivity contribution in [3.8, 4) is 0 Å². The summed E-state index contributed by atoms with van der Waals surface area (Å²) < 4.78 is 1.61.